The Balaban J connectivity index is 1.46. The molecule has 19 heavy (non-hydrogen) atoms. The van der Waals surface area contributed by atoms with Gasteiger partial charge in [0.25, 0.3) is 0 Å². The van der Waals surface area contributed by atoms with Crippen LogP contribution in [0, 0.1) is 5.92 Å². The van der Waals surface area contributed by atoms with Gasteiger partial charge in [0.15, 0.2) is 0 Å². The van der Waals surface area contributed by atoms with E-state index < -0.39 is 0 Å². The highest BCUT2D eigenvalue weighted by Crippen LogP contribution is 2.42. The summed E-state index contributed by atoms with van der Waals surface area (Å²) in [5, 5.41) is 0. The van der Waals surface area contributed by atoms with Gasteiger partial charge in [0.05, 0.1) is 18.3 Å². The van der Waals surface area contributed by atoms with Gasteiger partial charge in [-0.2, -0.15) is 0 Å². The third-order valence-corrected chi connectivity index (χ3v) is 4.51. The molecule has 2 heterocycles. The van der Waals surface area contributed by atoms with E-state index in [0.717, 1.165) is 18.9 Å². The van der Waals surface area contributed by atoms with E-state index in [2.05, 4.69) is 37.3 Å². The summed E-state index contributed by atoms with van der Waals surface area (Å²) in [4.78, 5) is 0. The molecule has 2 bridgehead atoms. The van der Waals surface area contributed by atoms with Crippen LogP contribution in [-0.4, -0.2) is 24.9 Å². The fourth-order valence-corrected chi connectivity index (χ4v) is 3.67. The lowest BCUT2D eigenvalue weighted by atomic mass is 9.83. The van der Waals surface area contributed by atoms with Crippen LogP contribution in [0.1, 0.15) is 38.2 Å². The molecule has 0 spiro atoms. The normalized spacial score (nSPS) is 32.9. The Labute approximate surface area is 116 Å². The van der Waals surface area contributed by atoms with E-state index in [-0.39, 0.29) is 0 Å². The maximum Gasteiger partial charge on any atom is 0.0870 e. The Morgan fingerprint density at radius 2 is 2.05 bits per heavy atom. The average molecular weight is 260 g/mol. The predicted octanol–water partition coefficient (Wildman–Crippen LogP) is 3.59. The number of ether oxygens (including phenoxy) is 2. The first-order chi connectivity index (χ1) is 9.36. The first-order valence-electron chi connectivity index (χ1n) is 7.68. The molecule has 3 rings (SSSR count). The monoisotopic (exact) mass is 260 g/mol. The second-order valence-corrected chi connectivity index (χ2v) is 5.83. The van der Waals surface area contributed by atoms with Crippen LogP contribution in [-0.2, 0) is 15.9 Å². The SMILES string of the molecule is CCOC1CC2CC(CCCc3ccccc3)C1O2. The molecule has 2 aliphatic rings. The summed E-state index contributed by atoms with van der Waals surface area (Å²) in [6, 6.07) is 10.8. The summed E-state index contributed by atoms with van der Waals surface area (Å²) in [6.07, 6.45) is 7.32. The molecule has 104 valence electrons. The molecular weight excluding hydrogens is 236 g/mol. The van der Waals surface area contributed by atoms with Gasteiger partial charge in [-0.3, -0.25) is 0 Å². The van der Waals surface area contributed by atoms with Crippen LogP contribution in [0.2, 0.25) is 0 Å². The molecule has 2 fully saturated rings. The third-order valence-electron chi connectivity index (χ3n) is 4.51. The van der Waals surface area contributed by atoms with Crippen LogP contribution >= 0.6 is 0 Å². The minimum atomic E-state index is 0.366. The van der Waals surface area contributed by atoms with E-state index in [4.69, 9.17) is 9.47 Å². The fraction of sp³-hybridized carbons (Fsp3) is 0.647. The van der Waals surface area contributed by atoms with Gasteiger partial charge < -0.3 is 9.47 Å². The third kappa shape index (κ3) is 3.01. The van der Waals surface area contributed by atoms with Crippen LogP contribution in [0.15, 0.2) is 30.3 Å². The van der Waals surface area contributed by atoms with Crippen molar-refractivity contribution in [2.45, 2.75) is 57.3 Å². The summed E-state index contributed by atoms with van der Waals surface area (Å²) >= 11 is 0. The van der Waals surface area contributed by atoms with E-state index in [0.29, 0.717) is 18.3 Å². The molecule has 1 aromatic rings. The Morgan fingerprint density at radius 3 is 2.79 bits per heavy atom. The Morgan fingerprint density at radius 1 is 1.21 bits per heavy atom. The van der Waals surface area contributed by atoms with Gasteiger partial charge in [0, 0.05) is 13.0 Å². The molecule has 2 saturated heterocycles. The highest BCUT2D eigenvalue weighted by molar-refractivity contribution is 5.14. The highest BCUT2D eigenvalue weighted by atomic mass is 16.6. The molecule has 4 unspecified atom stereocenters. The summed E-state index contributed by atoms with van der Waals surface area (Å²) < 4.78 is 11.8. The zero-order chi connectivity index (χ0) is 13.1. The second kappa shape index (κ2) is 6.06. The van der Waals surface area contributed by atoms with Gasteiger partial charge in [-0.1, -0.05) is 30.3 Å². The lowest BCUT2D eigenvalue weighted by Gasteiger charge is -2.26. The fourth-order valence-electron chi connectivity index (χ4n) is 3.67. The van der Waals surface area contributed by atoms with Crippen LogP contribution in [0.5, 0.6) is 0 Å². The van der Waals surface area contributed by atoms with Crippen molar-refractivity contribution < 1.29 is 9.47 Å². The molecule has 0 aromatic heterocycles. The summed E-state index contributed by atoms with van der Waals surface area (Å²) in [5.74, 6) is 0.721. The maximum atomic E-state index is 6.03. The van der Waals surface area contributed by atoms with Gasteiger partial charge in [-0.15, -0.1) is 0 Å². The first-order valence-corrected chi connectivity index (χ1v) is 7.68. The van der Waals surface area contributed by atoms with Crippen molar-refractivity contribution >= 4 is 0 Å². The van der Waals surface area contributed by atoms with Crippen LogP contribution < -0.4 is 0 Å². The Bertz CT molecular complexity index is 390. The number of benzene rings is 1. The van der Waals surface area contributed by atoms with Crippen molar-refractivity contribution in [1.29, 1.82) is 0 Å². The minimum absolute atomic E-state index is 0.366. The van der Waals surface area contributed by atoms with Gasteiger partial charge in [-0.25, -0.2) is 0 Å². The molecule has 0 amide bonds. The summed E-state index contributed by atoms with van der Waals surface area (Å²) in [7, 11) is 0. The first kappa shape index (κ1) is 13.1. The van der Waals surface area contributed by atoms with Crippen molar-refractivity contribution in [2.24, 2.45) is 5.92 Å². The number of fused-ring (bicyclic) bond motifs is 2. The van der Waals surface area contributed by atoms with Crippen LogP contribution in [0.4, 0.5) is 0 Å². The smallest absolute Gasteiger partial charge is 0.0870 e. The molecule has 0 N–H and O–H groups in total. The van der Waals surface area contributed by atoms with E-state index in [1.165, 1.54) is 31.2 Å². The quantitative estimate of drug-likeness (QED) is 0.778. The van der Waals surface area contributed by atoms with Gasteiger partial charge >= 0.3 is 0 Å². The zero-order valence-corrected chi connectivity index (χ0v) is 11.8. The maximum absolute atomic E-state index is 6.03. The van der Waals surface area contributed by atoms with E-state index >= 15 is 0 Å². The summed E-state index contributed by atoms with van der Waals surface area (Å²) in [6.45, 7) is 2.89. The van der Waals surface area contributed by atoms with Crippen LogP contribution in [0.3, 0.4) is 0 Å². The van der Waals surface area contributed by atoms with Crippen molar-refractivity contribution in [1.82, 2.24) is 0 Å². The standard InChI is InChI=1S/C17H24O2/c1-2-18-16-12-15-11-14(17(16)19-15)10-6-9-13-7-4-3-5-8-13/h3-5,7-8,14-17H,2,6,9-12H2,1H3. The van der Waals surface area contributed by atoms with E-state index in [1.54, 1.807) is 0 Å². The number of hydrogen-bond donors (Lipinski definition) is 0. The van der Waals surface area contributed by atoms with Gasteiger partial charge in [0.2, 0.25) is 0 Å². The molecule has 1 aromatic carbocycles. The van der Waals surface area contributed by atoms with E-state index in [1.807, 2.05) is 0 Å². The largest absolute Gasteiger partial charge is 0.376 e. The molecule has 0 radical (unpaired) electrons. The molecule has 2 heteroatoms. The van der Waals surface area contributed by atoms with Gasteiger partial charge in [0.1, 0.15) is 0 Å². The highest BCUT2D eigenvalue weighted by Gasteiger charge is 2.47. The molecule has 4 atom stereocenters. The lowest BCUT2D eigenvalue weighted by Crippen LogP contribution is -2.32. The Kier molecular flexibility index (Phi) is 4.19. The molecular formula is C17H24O2. The molecule has 0 aliphatic carbocycles. The van der Waals surface area contributed by atoms with Crippen molar-refractivity contribution in [3.05, 3.63) is 35.9 Å². The predicted molar refractivity (Wildman–Crippen MR) is 76.2 cm³/mol. The van der Waals surface area contributed by atoms with Crippen molar-refractivity contribution in [3.63, 3.8) is 0 Å². The number of aryl methyl sites for hydroxylation is 1. The van der Waals surface area contributed by atoms with Gasteiger partial charge in [-0.05, 0) is 44.1 Å². The van der Waals surface area contributed by atoms with Crippen LogP contribution in [0.25, 0.3) is 0 Å². The van der Waals surface area contributed by atoms with Crippen molar-refractivity contribution in [2.75, 3.05) is 6.61 Å². The molecule has 0 saturated carbocycles. The average Bonchev–Trinajstić information content (AvgIpc) is 3.00. The van der Waals surface area contributed by atoms with Crippen molar-refractivity contribution in [3.8, 4) is 0 Å². The number of hydrogen-bond acceptors (Lipinski definition) is 2. The topological polar surface area (TPSA) is 18.5 Å². The molecule has 2 aliphatic heterocycles. The zero-order valence-electron chi connectivity index (χ0n) is 11.8. The molecule has 2 nitrogen and oxygen atoms in total. The minimum Gasteiger partial charge on any atom is -0.376 e. The number of rotatable bonds is 6. The lowest BCUT2D eigenvalue weighted by molar-refractivity contribution is -0.0143. The second-order valence-electron chi connectivity index (χ2n) is 5.83. The Hall–Kier alpha value is -0.860. The summed E-state index contributed by atoms with van der Waals surface area (Å²) in [5.41, 5.74) is 1.45. The van der Waals surface area contributed by atoms with E-state index in [9.17, 15) is 0 Å².